The molecular weight excluding hydrogens is 438 g/mol. The first-order valence-corrected chi connectivity index (χ1v) is 11.1. The number of carbonyl (C=O) groups excluding carboxylic acids is 2. The fraction of sp³-hybridized carbons (Fsp3) is 0.269. The van der Waals surface area contributed by atoms with E-state index in [0.29, 0.717) is 36.3 Å². The van der Waals surface area contributed by atoms with Crippen LogP contribution in [0.15, 0.2) is 65.9 Å². The standard InChI is InChI=1S/C26H25NO7/c28-19(12-10-17-7-3-1-4-8-17)23-24(18-11-13-20-21(15-18)34-16-33-20)27(26(32)25(23)31)14-6-2-5-9-22(29)30/h1,3-4,7-8,10-13,15,24,31H,2,5-6,9,14,16H2,(H,29,30)/b12-10+/t24-/m1/s1. The Hall–Kier alpha value is -4.07. The van der Waals surface area contributed by atoms with Crippen molar-refractivity contribution >= 4 is 23.7 Å². The molecule has 4 rings (SSSR count). The number of nitrogens with zero attached hydrogens (tertiary/aromatic N) is 1. The number of amides is 1. The molecule has 2 aromatic carbocycles. The van der Waals surface area contributed by atoms with E-state index in [1.807, 2.05) is 30.3 Å². The fourth-order valence-corrected chi connectivity index (χ4v) is 4.13. The van der Waals surface area contributed by atoms with E-state index < -0.39 is 29.5 Å². The summed E-state index contributed by atoms with van der Waals surface area (Å²) >= 11 is 0. The lowest BCUT2D eigenvalue weighted by molar-refractivity contribution is -0.137. The van der Waals surface area contributed by atoms with Gasteiger partial charge in [-0.2, -0.15) is 0 Å². The number of carboxylic acid groups (broad SMARTS) is 1. The lowest BCUT2D eigenvalue weighted by Gasteiger charge is -2.26. The topological polar surface area (TPSA) is 113 Å². The fourth-order valence-electron chi connectivity index (χ4n) is 4.13. The molecule has 2 N–H and O–H groups in total. The van der Waals surface area contributed by atoms with Crippen LogP contribution in [0.25, 0.3) is 6.08 Å². The normalized spacial score (nSPS) is 17.1. The molecule has 0 aromatic heterocycles. The van der Waals surface area contributed by atoms with Crippen molar-refractivity contribution in [3.8, 4) is 11.5 Å². The van der Waals surface area contributed by atoms with E-state index in [2.05, 4.69) is 0 Å². The summed E-state index contributed by atoms with van der Waals surface area (Å²) in [6.07, 6.45) is 4.66. The molecule has 1 atom stereocenters. The predicted octanol–water partition coefficient (Wildman–Crippen LogP) is 4.04. The smallest absolute Gasteiger partial charge is 0.303 e. The van der Waals surface area contributed by atoms with Gasteiger partial charge in [0.25, 0.3) is 5.91 Å². The number of allylic oxidation sites excluding steroid dienone is 1. The number of aliphatic hydroxyl groups excluding tert-OH is 1. The summed E-state index contributed by atoms with van der Waals surface area (Å²) in [6, 6.07) is 13.6. The summed E-state index contributed by atoms with van der Waals surface area (Å²) in [5, 5.41) is 19.5. The number of hydrogen-bond donors (Lipinski definition) is 2. The second-order valence-electron chi connectivity index (χ2n) is 8.09. The number of benzene rings is 2. The van der Waals surface area contributed by atoms with Crippen molar-refractivity contribution in [2.75, 3.05) is 13.3 Å². The van der Waals surface area contributed by atoms with Crippen LogP contribution in [0.1, 0.15) is 42.9 Å². The van der Waals surface area contributed by atoms with Gasteiger partial charge in [0.2, 0.25) is 6.79 Å². The molecule has 2 aliphatic heterocycles. The van der Waals surface area contributed by atoms with E-state index in [0.717, 1.165) is 5.56 Å². The number of hydrogen-bond acceptors (Lipinski definition) is 6. The lowest BCUT2D eigenvalue weighted by atomic mass is 9.95. The van der Waals surface area contributed by atoms with Crippen LogP contribution in [0, 0.1) is 0 Å². The number of aliphatic carboxylic acids is 1. The molecular formula is C26H25NO7. The van der Waals surface area contributed by atoms with Crippen LogP contribution in [0.5, 0.6) is 11.5 Å². The van der Waals surface area contributed by atoms with Crippen molar-refractivity contribution < 1.29 is 34.1 Å². The predicted molar refractivity (Wildman–Crippen MR) is 123 cm³/mol. The van der Waals surface area contributed by atoms with Gasteiger partial charge in [-0.25, -0.2) is 0 Å². The molecule has 0 radical (unpaired) electrons. The second kappa shape index (κ2) is 10.2. The maximum atomic E-state index is 13.2. The zero-order valence-corrected chi connectivity index (χ0v) is 18.5. The molecule has 0 saturated heterocycles. The second-order valence-corrected chi connectivity index (χ2v) is 8.09. The Balaban J connectivity index is 1.61. The number of rotatable bonds is 10. The van der Waals surface area contributed by atoms with Gasteiger partial charge in [0.15, 0.2) is 23.0 Å². The van der Waals surface area contributed by atoms with E-state index in [1.165, 1.54) is 11.0 Å². The van der Waals surface area contributed by atoms with Gasteiger partial charge in [0.1, 0.15) is 0 Å². The van der Waals surface area contributed by atoms with Crippen LogP contribution in [-0.4, -0.2) is 46.1 Å². The van der Waals surface area contributed by atoms with Crippen molar-refractivity contribution in [3.05, 3.63) is 77.1 Å². The molecule has 8 nitrogen and oxygen atoms in total. The van der Waals surface area contributed by atoms with Crippen LogP contribution in [0.3, 0.4) is 0 Å². The van der Waals surface area contributed by atoms with Gasteiger partial charge in [-0.3, -0.25) is 14.4 Å². The Bertz CT molecular complexity index is 1150. The SMILES string of the molecule is O=C(O)CCCCCN1C(=O)C(O)=C(C(=O)/C=C/c2ccccc2)[C@H]1c1ccc2c(c1)OCO2. The molecule has 0 unspecified atom stereocenters. The molecule has 2 aromatic rings. The van der Waals surface area contributed by atoms with Crippen LogP contribution >= 0.6 is 0 Å². The van der Waals surface area contributed by atoms with E-state index in [-0.39, 0.29) is 25.3 Å². The zero-order valence-electron chi connectivity index (χ0n) is 18.5. The van der Waals surface area contributed by atoms with Crippen LogP contribution in [-0.2, 0) is 14.4 Å². The summed E-state index contributed by atoms with van der Waals surface area (Å²) in [7, 11) is 0. The maximum Gasteiger partial charge on any atom is 0.303 e. The van der Waals surface area contributed by atoms with Crippen molar-refractivity contribution in [1.29, 1.82) is 0 Å². The summed E-state index contributed by atoms with van der Waals surface area (Å²) < 4.78 is 10.8. The first-order chi connectivity index (χ1) is 16.5. The van der Waals surface area contributed by atoms with Crippen molar-refractivity contribution in [2.45, 2.75) is 31.7 Å². The molecule has 1 amide bonds. The number of ketones is 1. The molecule has 0 aliphatic carbocycles. The molecule has 0 fully saturated rings. The number of aliphatic hydroxyl groups is 1. The average molecular weight is 463 g/mol. The van der Waals surface area contributed by atoms with Gasteiger partial charge in [0, 0.05) is 13.0 Å². The van der Waals surface area contributed by atoms with E-state index in [9.17, 15) is 19.5 Å². The van der Waals surface area contributed by atoms with Gasteiger partial charge < -0.3 is 24.6 Å². The average Bonchev–Trinajstić information content (AvgIpc) is 3.40. The summed E-state index contributed by atoms with van der Waals surface area (Å²) in [6.45, 7) is 0.350. The van der Waals surface area contributed by atoms with E-state index >= 15 is 0 Å². The molecule has 2 aliphatic rings. The number of unbranched alkanes of at least 4 members (excludes halogenated alkanes) is 2. The minimum atomic E-state index is -0.868. The quantitative estimate of drug-likeness (QED) is 0.404. The lowest BCUT2D eigenvalue weighted by Crippen LogP contribution is -2.32. The molecule has 34 heavy (non-hydrogen) atoms. The Morgan fingerprint density at radius 1 is 1.03 bits per heavy atom. The van der Waals surface area contributed by atoms with Crippen LogP contribution < -0.4 is 9.47 Å². The molecule has 0 spiro atoms. The van der Waals surface area contributed by atoms with Crippen molar-refractivity contribution in [3.63, 3.8) is 0 Å². The van der Waals surface area contributed by atoms with Gasteiger partial charge in [0.05, 0.1) is 11.6 Å². The number of carboxylic acids is 1. The Morgan fingerprint density at radius 2 is 1.79 bits per heavy atom. The largest absolute Gasteiger partial charge is 0.503 e. The Morgan fingerprint density at radius 3 is 2.56 bits per heavy atom. The van der Waals surface area contributed by atoms with Crippen LogP contribution in [0.2, 0.25) is 0 Å². The maximum absolute atomic E-state index is 13.2. The van der Waals surface area contributed by atoms with Gasteiger partial charge in [-0.1, -0.05) is 48.9 Å². The van der Waals surface area contributed by atoms with Crippen molar-refractivity contribution in [2.24, 2.45) is 0 Å². The number of carbonyl (C=O) groups is 3. The third kappa shape index (κ3) is 4.96. The van der Waals surface area contributed by atoms with Gasteiger partial charge in [-0.15, -0.1) is 0 Å². The minimum absolute atomic E-state index is 0.00147. The highest BCUT2D eigenvalue weighted by molar-refractivity contribution is 6.14. The zero-order chi connectivity index (χ0) is 24.1. The molecule has 176 valence electrons. The highest BCUT2D eigenvalue weighted by Crippen LogP contribution is 2.42. The first kappa shape index (κ1) is 23.1. The number of fused-ring (bicyclic) bond motifs is 1. The Kier molecular flexibility index (Phi) is 6.96. The summed E-state index contributed by atoms with van der Waals surface area (Å²) in [5.41, 5.74) is 1.43. The molecule has 0 saturated carbocycles. The highest BCUT2D eigenvalue weighted by Gasteiger charge is 2.43. The monoisotopic (exact) mass is 463 g/mol. The van der Waals surface area contributed by atoms with Crippen molar-refractivity contribution in [1.82, 2.24) is 4.90 Å². The Labute approximate surface area is 196 Å². The first-order valence-electron chi connectivity index (χ1n) is 11.1. The summed E-state index contributed by atoms with van der Waals surface area (Å²) in [4.78, 5) is 38.4. The third-order valence-electron chi connectivity index (χ3n) is 5.80. The number of ether oxygens (including phenoxy) is 2. The molecule has 2 heterocycles. The minimum Gasteiger partial charge on any atom is -0.503 e. The van der Waals surface area contributed by atoms with Gasteiger partial charge >= 0.3 is 5.97 Å². The highest BCUT2D eigenvalue weighted by atomic mass is 16.7. The van der Waals surface area contributed by atoms with Gasteiger partial charge in [-0.05, 0) is 42.2 Å². The molecule has 8 heteroatoms. The van der Waals surface area contributed by atoms with E-state index in [4.69, 9.17) is 14.6 Å². The third-order valence-corrected chi connectivity index (χ3v) is 5.80. The molecule has 0 bridgehead atoms. The van der Waals surface area contributed by atoms with E-state index in [1.54, 1.807) is 24.3 Å². The summed E-state index contributed by atoms with van der Waals surface area (Å²) in [5.74, 6) is -1.46. The van der Waals surface area contributed by atoms with Crippen LogP contribution in [0.4, 0.5) is 0 Å².